The Hall–Kier alpha value is -2.93. The molecule has 1 aromatic heterocycles. The summed E-state index contributed by atoms with van der Waals surface area (Å²) >= 11 is 0. The lowest BCUT2D eigenvalue weighted by atomic mass is 10.1. The van der Waals surface area contributed by atoms with Crippen LogP contribution in [-0.4, -0.2) is 59.2 Å². The molecule has 154 valence electrons. The molecule has 0 aliphatic carbocycles. The maximum atomic E-state index is 11.9. The predicted molar refractivity (Wildman–Crippen MR) is 116 cm³/mol. The average Bonchev–Trinajstić information content (AvgIpc) is 3.09. The number of amidine groups is 1. The molecule has 1 aromatic carbocycles. The van der Waals surface area contributed by atoms with Crippen molar-refractivity contribution >= 4 is 11.8 Å². The number of hydrogen-bond donors (Lipinski definition) is 1. The van der Waals surface area contributed by atoms with Crippen molar-refractivity contribution < 1.29 is 9.53 Å². The van der Waals surface area contributed by atoms with Crippen molar-refractivity contribution in [3.8, 4) is 11.3 Å². The van der Waals surface area contributed by atoms with Gasteiger partial charge >= 0.3 is 5.97 Å². The number of imidazole rings is 1. The van der Waals surface area contributed by atoms with Crippen LogP contribution in [0.5, 0.6) is 0 Å². The van der Waals surface area contributed by atoms with E-state index in [1.807, 2.05) is 23.7 Å². The molecular formula is C22H29N5O2. The topological polar surface area (TPSA) is 71.8 Å². The fraction of sp³-hybridized carbons (Fsp3) is 0.409. The van der Waals surface area contributed by atoms with Crippen molar-refractivity contribution in [2.75, 3.05) is 32.2 Å². The molecule has 0 unspecified atom stereocenters. The summed E-state index contributed by atoms with van der Waals surface area (Å²) in [6, 6.07) is 7.61. The molecule has 2 heterocycles. The van der Waals surface area contributed by atoms with Crippen molar-refractivity contribution in [2.24, 2.45) is 4.99 Å². The van der Waals surface area contributed by atoms with Crippen LogP contribution in [-0.2, 0) is 4.74 Å². The highest BCUT2D eigenvalue weighted by Crippen LogP contribution is 2.21. The summed E-state index contributed by atoms with van der Waals surface area (Å²) in [5, 5.41) is 0. The molecule has 29 heavy (non-hydrogen) atoms. The number of aromatic nitrogens is 2. The number of aryl methyl sites for hydroxylation is 1. The van der Waals surface area contributed by atoms with Gasteiger partial charge in [-0.2, -0.15) is 0 Å². The first-order valence-corrected chi connectivity index (χ1v) is 9.99. The van der Waals surface area contributed by atoms with E-state index in [4.69, 9.17) is 9.73 Å². The summed E-state index contributed by atoms with van der Waals surface area (Å²) < 4.78 is 6.95. The maximum absolute atomic E-state index is 11.9. The summed E-state index contributed by atoms with van der Waals surface area (Å²) in [4.78, 5) is 23.5. The van der Waals surface area contributed by atoms with Crippen molar-refractivity contribution in [1.29, 1.82) is 0 Å². The van der Waals surface area contributed by atoms with Gasteiger partial charge in [-0.05, 0) is 65.0 Å². The molecule has 1 saturated heterocycles. The first-order chi connectivity index (χ1) is 14.0. The number of hydrogen-bond acceptors (Lipinski definition) is 5. The van der Waals surface area contributed by atoms with Crippen LogP contribution in [0.15, 0.2) is 48.1 Å². The minimum atomic E-state index is -0.318. The fourth-order valence-corrected chi connectivity index (χ4v) is 3.34. The van der Waals surface area contributed by atoms with Gasteiger partial charge in [0.05, 0.1) is 30.1 Å². The van der Waals surface area contributed by atoms with Crippen LogP contribution in [0.1, 0.15) is 35.9 Å². The molecular weight excluding hydrogens is 366 g/mol. The first kappa shape index (κ1) is 20.8. The second-order valence-electron chi connectivity index (χ2n) is 7.19. The van der Waals surface area contributed by atoms with E-state index < -0.39 is 0 Å². The highest BCUT2D eigenvalue weighted by atomic mass is 16.5. The Morgan fingerprint density at radius 2 is 2.03 bits per heavy atom. The van der Waals surface area contributed by atoms with Crippen molar-refractivity contribution in [3.05, 3.63) is 54.5 Å². The number of benzene rings is 1. The van der Waals surface area contributed by atoms with Crippen LogP contribution in [0.4, 0.5) is 0 Å². The van der Waals surface area contributed by atoms with E-state index in [1.54, 1.807) is 31.3 Å². The SMILES string of the molecule is C=CC(=NC1CCN(C)CC1)Nn1c(-c2ccc(C(=O)OCC)cc2)cnc1C. The van der Waals surface area contributed by atoms with Crippen LogP contribution >= 0.6 is 0 Å². The summed E-state index contributed by atoms with van der Waals surface area (Å²) in [6.07, 6.45) is 5.63. The number of rotatable bonds is 6. The molecule has 1 N–H and O–H groups in total. The standard InChI is InChI=1S/C22H29N5O2/c1-5-21(24-19-11-13-26(4)14-12-19)25-27-16(3)23-15-20(27)17-7-9-18(10-8-17)22(28)29-6-2/h5,7-10,15,19H,1,6,11-14H2,2-4H3,(H,24,25). The molecule has 0 spiro atoms. The fourth-order valence-electron chi connectivity index (χ4n) is 3.34. The van der Waals surface area contributed by atoms with Gasteiger partial charge in [-0.3, -0.25) is 10.4 Å². The molecule has 0 radical (unpaired) electrons. The number of carbonyl (C=O) groups is 1. The number of nitrogens with zero attached hydrogens (tertiary/aromatic N) is 4. The highest BCUT2D eigenvalue weighted by molar-refractivity contribution is 5.99. The lowest BCUT2D eigenvalue weighted by molar-refractivity contribution is 0.0526. The lowest BCUT2D eigenvalue weighted by Crippen LogP contribution is -2.33. The van der Waals surface area contributed by atoms with Gasteiger partial charge in [0.15, 0.2) is 0 Å². The third-order valence-corrected chi connectivity index (χ3v) is 5.06. The van der Waals surface area contributed by atoms with Crippen molar-refractivity contribution in [2.45, 2.75) is 32.7 Å². The quantitative estimate of drug-likeness (QED) is 0.462. The van der Waals surface area contributed by atoms with Gasteiger partial charge in [0.25, 0.3) is 0 Å². The molecule has 1 aliphatic heterocycles. The van der Waals surface area contributed by atoms with Gasteiger partial charge in [0.1, 0.15) is 11.7 Å². The molecule has 0 amide bonds. The highest BCUT2D eigenvalue weighted by Gasteiger charge is 2.17. The number of aliphatic imine (C=N–C) groups is 1. The molecule has 2 aromatic rings. The van der Waals surface area contributed by atoms with E-state index in [0.717, 1.165) is 48.8 Å². The minimum absolute atomic E-state index is 0.294. The zero-order chi connectivity index (χ0) is 20.8. The summed E-state index contributed by atoms with van der Waals surface area (Å²) in [5.41, 5.74) is 5.69. The number of nitrogens with one attached hydrogen (secondary N) is 1. The van der Waals surface area contributed by atoms with Crippen LogP contribution < -0.4 is 5.43 Å². The Morgan fingerprint density at radius 3 is 2.66 bits per heavy atom. The third-order valence-electron chi connectivity index (χ3n) is 5.06. The largest absolute Gasteiger partial charge is 0.462 e. The molecule has 1 fully saturated rings. The zero-order valence-electron chi connectivity index (χ0n) is 17.4. The summed E-state index contributed by atoms with van der Waals surface area (Å²) in [6.45, 7) is 10.1. The Labute approximate surface area is 172 Å². The van der Waals surface area contributed by atoms with E-state index in [-0.39, 0.29) is 5.97 Å². The lowest BCUT2D eigenvalue weighted by Gasteiger charge is -2.27. The van der Waals surface area contributed by atoms with Gasteiger partial charge in [-0.25, -0.2) is 14.5 Å². The van der Waals surface area contributed by atoms with Gasteiger partial charge in [-0.1, -0.05) is 18.7 Å². The Balaban J connectivity index is 1.80. The maximum Gasteiger partial charge on any atom is 0.338 e. The molecule has 3 rings (SSSR count). The Bertz CT molecular complexity index is 877. The molecule has 7 heteroatoms. The van der Waals surface area contributed by atoms with Gasteiger partial charge in [-0.15, -0.1) is 0 Å². The van der Waals surface area contributed by atoms with E-state index in [0.29, 0.717) is 18.2 Å². The average molecular weight is 396 g/mol. The van der Waals surface area contributed by atoms with E-state index >= 15 is 0 Å². The summed E-state index contributed by atoms with van der Waals surface area (Å²) in [5.74, 6) is 1.22. The van der Waals surface area contributed by atoms with Crippen molar-refractivity contribution in [3.63, 3.8) is 0 Å². The Morgan fingerprint density at radius 1 is 1.34 bits per heavy atom. The molecule has 1 aliphatic rings. The number of likely N-dealkylation sites (tertiary alicyclic amines) is 1. The molecule has 0 saturated carbocycles. The predicted octanol–water partition coefficient (Wildman–Crippen LogP) is 3.26. The number of esters is 1. The van der Waals surface area contributed by atoms with E-state index in [9.17, 15) is 4.79 Å². The smallest absolute Gasteiger partial charge is 0.338 e. The normalized spacial score (nSPS) is 15.9. The third kappa shape index (κ3) is 5.12. The summed E-state index contributed by atoms with van der Waals surface area (Å²) in [7, 11) is 2.14. The monoisotopic (exact) mass is 395 g/mol. The van der Waals surface area contributed by atoms with Gasteiger partial charge < -0.3 is 9.64 Å². The number of piperidine rings is 1. The van der Waals surface area contributed by atoms with Gasteiger partial charge in [0.2, 0.25) is 0 Å². The second kappa shape index (κ2) is 9.52. The van der Waals surface area contributed by atoms with Crippen LogP contribution in [0.25, 0.3) is 11.3 Å². The molecule has 0 bridgehead atoms. The Kier molecular flexibility index (Phi) is 6.82. The van der Waals surface area contributed by atoms with E-state index in [1.165, 1.54) is 0 Å². The van der Waals surface area contributed by atoms with Crippen LogP contribution in [0.3, 0.4) is 0 Å². The van der Waals surface area contributed by atoms with Gasteiger partial charge in [0, 0.05) is 5.56 Å². The molecule has 7 nitrogen and oxygen atoms in total. The number of ether oxygens (including phenoxy) is 1. The van der Waals surface area contributed by atoms with Crippen LogP contribution in [0.2, 0.25) is 0 Å². The molecule has 0 atom stereocenters. The zero-order valence-corrected chi connectivity index (χ0v) is 17.4. The first-order valence-electron chi connectivity index (χ1n) is 9.99. The number of carbonyl (C=O) groups excluding carboxylic acids is 1. The van der Waals surface area contributed by atoms with E-state index in [2.05, 4.69) is 28.9 Å². The second-order valence-corrected chi connectivity index (χ2v) is 7.19. The van der Waals surface area contributed by atoms with Crippen molar-refractivity contribution in [1.82, 2.24) is 14.6 Å². The minimum Gasteiger partial charge on any atom is -0.462 e. The van der Waals surface area contributed by atoms with Crippen LogP contribution in [0, 0.1) is 6.92 Å².